The number of carbonyl (C=O) groups is 2. The number of hydrogen-bond acceptors (Lipinski definition) is 3. The topological polar surface area (TPSA) is 74.6 Å². The number of aliphatic carboxylic acids is 1. The highest BCUT2D eigenvalue weighted by molar-refractivity contribution is 5.98. The highest BCUT2D eigenvalue weighted by Crippen LogP contribution is 2.13. The van der Waals surface area contributed by atoms with Gasteiger partial charge >= 0.3 is 5.97 Å². The number of rotatable bonds is 8. The fourth-order valence-electron chi connectivity index (χ4n) is 1.58. The lowest BCUT2D eigenvalue weighted by molar-refractivity contribution is -0.873. The third-order valence-corrected chi connectivity index (χ3v) is 2.33. The van der Waals surface area contributed by atoms with Crippen LogP contribution in [0, 0.1) is 5.92 Å². The molecule has 0 saturated carbocycles. The Balaban J connectivity index is 4.67. The van der Waals surface area contributed by atoms with Gasteiger partial charge in [0.15, 0.2) is 0 Å². The lowest BCUT2D eigenvalue weighted by Gasteiger charge is -2.28. The van der Waals surface area contributed by atoms with Crippen molar-refractivity contribution in [2.75, 3.05) is 27.7 Å². The molecule has 0 heterocycles. The van der Waals surface area contributed by atoms with Crippen molar-refractivity contribution in [3.05, 3.63) is 12.7 Å². The van der Waals surface area contributed by atoms with Gasteiger partial charge in [-0.1, -0.05) is 6.08 Å². The molecule has 0 aromatic carbocycles. The van der Waals surface area contributed by atoms with Crippen LogP contribution in [-0.2, 0) is 9.59 Å². The van der Waals surface area contributed by atoms with Crippen molar-refractivity contribution in [2.45, 2.75) is 18.9 Å². The number of carboxylic acids is 1. The van der Waals surface area contributed by atoms with Crippen LogP contribution in [0.2, 0.25) is 0 Å². The van der Waals surface area contributed by atoms with Crippen LogP contribution in [0.4, 0.5) is 0 Å². The number of Topliss-reactive ketones (excluding diaryl/α,β-unsaturated/α-hetero) is 1. The quantitative estimate of drug-likeness (QED) is 0.365. The van der Waals surface area contributed by atoms with E-state index >= 15 is 0 Å². The fourth-order valence-corrected chi connectivity index (χ4v) is 1.58. The molecule has 0 saturated heterocycles. The Hall–Kier alpha value is -1.20. The summed E-state index contributed by atoms with van der Waals surface area (Å²) >= 11 is 0. The van der Waals surface area contributed by atoms with Crippen LogP contribution in [0.15, 0.2) is 12.7 Å². The first-order valence-electron chi connectivity index (χ1n) is 5.54. The first-order chi connectivity index (χ1) is 7.69. The molecular formula is C12H22NO4+. The SMILES string of the molecule is C=CCCC(=O)C(C(=O)O)C(O)C[N+](C)(C)C. The molecule has 0 amide bonds. The Kier molecular flexibility index (Phi) is 6.05. The Morgan fingerprint density at radius 1 is 1.35 bits per heavy atom. The molecule has 2 atom stereocenters. The first-order valence-corrected chi connectivity index (χ1v) is 5.54. The lowest BCUT2D eigenvalue weighted by atomic mass is 9.94. The molecule has 5 heteroatoms. The number of aliphatic hydroxyl groups excluding tert-OH is 1. The molecule has 0 bridgehead atoms. The number of carbonyl (C=O) groups excluding carboxylic acids is 1. The third-order valence-electron chi connectivity index (χ3n) is 2.33. The molecule has 0 aliphatic heterocycles. The summed E-state index contributed by atoms with van der Waals surface area (Å²) in [4.78, 5) is 22.7. The number of carboxylic acid groups (broad SMARTS) is 1. The van der Waals surface area contributed by atoms with E-state index in [9.17, 15) is 14.7 Å². The van der Waals surface area contributed by atoms with Crippen molar-refractivity contribution in [1.29, 1.82) is 0 Å². The number of likely N-dealkylation sites (N-methyl/N-ethyl adjacent to an activating group) is 1. The molecule has 0 fully saturated rings. The van der Waals surface area contributed by atoms with Gasteiger partial charge in [0.2, 0.25) is 0 Å². The Labute approximate surface area is 102 Å². The second-order valence-electron chi connectivity index (χ2n) is 5.15. The van der Waals surface area contributed by atoms with Gasteiger partial charge < -0.3 is 14.7 Å². The normalized spacial score (nSPS) is 15.1. The zero-order valence-electron chi connectivity index (χ0n) is 10.7. The van der Waals surface area contributed by atoms with Crippen LogP contribution < -0.4 is 0 Å². The number of aliphatic hydroxyl groups is 1. The minimum Gasteiger partial charge on any atom is -0.481 e. The number of hydrogen-bond donors (Lipinski definition) is 2. The average molecular weight is 244 g/mol. The molecule has 98 valence electrons. The van der Waals surface area contributed by atoms with Crippen LogP contribution >= 0.6 is 0 Å². The van der Waals surface area contributed by atoms with E-state index in [1.54, 1.807) is 6.08 Å². The minimum absolute atomic E-state index is 0.106. The molecule has 17 heavy (non-hydrogen) atoms. The molecule has 5 nitrogen and oxygen atoms in total. The van der Waals surface area contributed by atoms with Crippen LogP contribution in [0.1, 0.15) is 12.8 Å². The van der Waals surface area contributed by atoms with Gasteiger partial charge in [0.25, 0.3) is 0 Å². The highest BCUT2D eigenvalue weighted by atomic mass is 16.4. The molecule has 2 unspecified atom stereocenters. The Morgan fingerprint density at radius 2 is 1.88 bits per heavy atom. The van der Waals surface area contributed by atoms with Gasteiger partial charge in [-0.2, -0.15) is 0 Å². The smallest absolute Gasteiger partial charge is 0.316 e. The fraction of sp³-hybridized carbons (Fsp3) is 0.667. The van der Waals surface area contributed by atoms with Crippen molar-refractivity contribution < 1.29 is 24.3 Å². The number of quaternary nitrogens is 1. The van der Waals surface area contributed by atoms with E-state index in [1.807, 2.05) is 21.1 Å². The second kappa shape index (κ2) is 6.51. The van der Waals surface area contributed by atoms with Gasteiger partial charge in [0.05, 0.1) is 21.1 Å². The first kappa shape index (κ1) is 15.8. The summed E-state index contributed by atoms with van der Waals surface area (Å²) < 4.78 is 0.402. The average Bonchev–Trinajstić information content (AvgIpc) is 2.10. The second-order valence-corrected chi connectivity index (χ2v) is 5.15. The van der Waals surface area contributed by atoms with Gasteiger partial charge in [-0.05, 0) is 6.42 Å². The van der Waals surface area contributed by atoms with Crippen molar-refractivity contribution in [1.82, 2.24) is 0 Å². The molecule has 2 N–H and O–H groups in total. The molecule has 0 aromatic heterocycles. The zero-order valence-corrected chi connectivity index (χ0v) is 10.7. The third kappa shape index (κ3) is 6.19. The zero-order chi connectivity index (χ0) is 13.6. The predicted octanol–water partition coefficient (Wildman–Crippen LogP) is 0.290. The number of nitrogens with zero attached hydrogens (tertiary/aromatic N) is 1. The summed E-state index contributed by atoms with van der Waals surface area (Å²) in [6.45, 7) is 3.69. The predicted molar refractivity (Wildman–Crippen MR) is 64.5 cm³/mol. The summed E-state index contributed by atoms with van der Waals surface area (Å²) in [6.07, 6.45) is 0.932. The largest absolute Gasteiger partial charge is 0.481 e. The van der Waals surface area contributed by atoms with E-state index in [-0.39, 0.29) is 13.0 Å². The van der Waals surface area contributed by atoms with E-state index in [0.717, 1.165) is 0 Å². The number of allylic oxidation sites excluding steroid dienone is 1. The lowest BCUT2D eigenvalue weighted by Crippen LogP contribution is -2.47. The van der Waals surface area contributed by atoms with Gasteiger partial charge in [-0.25, -0.2) is 0 Å². The van der Waals surface area contributed by atoms with Gasteiger partial charge in [-0.15, -0.1) is 6.58 Å². The Bertz CT molecular complexity index is 293. The van der Waals surface area contributed by atoms with Crippen molar-refractivity contribution >= 4 is 11.8 Å². The maximum Gasteiger partial charge on any atom is 0.316 e. The molecule has 0 aliphatic rings. The van der Waals surface area contributed by atoms with Crippen LogP contribution in [0.5, 0.6) is 0 Å². The van der Waals surface area contributed by atoms with Gasteiger partial charge in [-0.3, -0.25) is 9.59 Å². The van der Waals surface area contributed by atoms with Crippen LogP contribution in [0.3, 0.4) is 0 Å². The van der Waals surface area contributed by atoms with Crippen molar-refractivity contribution in [3.63, 3.8) is 0 Å². The number of ketones is 1. The minimum atomic E-state index is -1.34. The van der Waals surface area contributed by atoms with Crippen LogP contribution in [0.25, 0.3) is 0 Å². The van der Waals surface area contributed by atoms with E-state index < -0.39 is 23.8 Å². The van der Waals surface area contributed by atoms with Crippen molar-refractivity contribution in [2.24, 2.45) is 5.92 Å². The van der Waals surface area contributed by atoms with Gasteiger partial charge in [0.1, 0.15) is 24.3 Å². The molecular weight excluding hydrogens is 222 g/mol. The van der Waals surface area contributed by atoms with Gasteiger partial charge in [0, 0.05) is 6.42 Å². The summed E-state index contributed by atoms with van der Waals surface area (Å²) in [5.74, 6) is -3.05. The molecule has 0 radical (unpaired) electrons. The summed E-state index contributed by atoms with van der Waals surface area (Å²) in [5.41, 5.74) is 0. The van der Waals surface area contributed by atoms with E-state index in [4.69, 9.17) is 5.11 Å². The highest BCUT2D eigenvalue weighted by Gasteiger charge is 2.35. The molecule has 0 aromatic rings. The molecule has 0 spiro atoms. The monoisotopic (exact) mass is 244 g/mol. The summed E-state index contributed by atoms with van der Waals surface area (Å²) in [7, 11) is 5.49. The van der Waals surface area contributed by atoms with Crippen molar-refractivity contribution in [3.8, 4) is 0 Å². The molecule has 0 aliphatic carbocycles. The van der Waals surface area contributed by atoms with E-state index in [0.29, 0.717) is 10.9 Å². The Morgan fingerprint density at radius 3 is 2.24 bits per heavy atom. The summed E-state index contributed by atoms with van der Waals surface area (Å²) in [6, 6.07) is 0. The van der Waals surface area contributed by atoms with Crippen LogP contribution in [-0.4, -0.2) is 60.2 Å². The standard InChI is InChI=1S/C12H21NO4/c1-5-6-7-9(14)11(12(16)17)10(15)8-13(2,3)4/h5,10-11,15H,1,6-8H2,2-4H3/p+1. The maximum absolute atomic E-state index is 11.7. The van der Waals surface area contributed by atoms with E-state index in [1.165, 1.54) is 0 Å². The maximum atomic E-state index is 11.7. The molecule has 0 rings (SSSR count). The van der Waals surface area contributed by atoms with E-state index in [2.05, 4.69) is 6.58 Å². The summed E-state index contributed by atoms with van der Waals surface area (Å²) in [5, 5.41) is 18.8.